The lowest BCUT2D eigenvalue weighted by Gasteiger charge is -2.09. The van der Waals surface area contributed by atoms with E-state index in [2.05, 4.69) is 27.8 Å². The Morgan fingerprint density at radius 2 is 1.71 bits per heavy atom. The van der Waals surface area contributed by atoms with E-state index in [-0.39, 0.29) is 0 Å². The summed E-state index contributed by atoms with van der Waals surface area (Å²) in [6.45, 7) is 0.728. The third kappa shape index (κ3) is 2.55. The molecule has 0 aliphatic rings. The lowest BCUT2D eigenvalue weighted by Crippen LogP contribution is -1.99. The normalized spacial score (nSPS) is 10.6. The van der Waals surface area contributed by atoms with Gasteiger partial charge in [-0.05, 0) is 41.0 Å². The first-order chi connectivity index (χ1) is 11.8. The fourth-order valence-corrected chi connectivity index (χ4v) is 2.98. The Kier molecular flexibility index (Phi) is 3.57. The number of para-hydroxylation sites is 2. The molecule has 3 nitrogen and oxygen atoms in total. The van der Waals surface area contributed by atoms with Gasteiger partial charge in [-0.3, -0.25) is 0 Å². The van der Waals surface area contributed by atoms with Crippen LogP contribution < -0.4 is 0 Å². The molecule has 0 unspecified atom stereocenters. The zero-order valence-corrected chi connectivity index (χ0v) is 13.1. The first-order valence-corrected chi connectivity index (χ1v) is 7.83. The van der Waals surface area contributed by atoms with Crippen LogP contribution >= 0.6 is 0 Å². The van der Waals surface area contributed by atoms with Gasteiger partial charge in [0.2, 0.25) is 0 Å². The van der Waals surface area contributed by atoms with E-state index in [4.69, 9.17) is 0 Å². The quantitative estimate of drug-likeness (QED) is 0.554. The number of imidazole rings is 1. The molecule has 24 heavy (non-hydrogen) atoms. The average Bonchev–Trinajstić information content (AvgIpc) is 3.05. The summed E-state index contributed by atoms with van der Waals surface area (Å²) in [4.78, 5) is 4.44. The molecule has 0 N–H and O–H groups in total. The van der Waals surface area contributed by atoms with Crippen molar-refractivity contribution in [1.82, 2.24) is 9.55 Å². The molecule has 1 aromatic heterocycles. The maximum atomic E-state index is 9.40. The molecule has 0 amide bonds. The molecule has 0 bridgehead atoms. The fraction of sp³-hybridized carbons (Fsp3) is 0.0476. The van der Waals surface area contributed by atoms with Crippen LogP contribution in [0.15, 0.2) is 79.1 Å². The van der Waals surface area contributed by atoms with Crippen molar-refractivity contribution in [2.75, 3.05) is 0 Å². The molecule has 0 saturated carbocycles. The van der Waals surface area contributed by atoms with Gasteiger partial charge >= 0.3 is 0 Å². The molecular weight excluding hydrogens is 294 g/mol. The van der Waals surface area contributed by atoms with E-state index in [1.807, 2.05) is 67.0 Å². The van der Waals surface area contributed by atoms with Crippen LogP contribution in [-0.4, -0.2) is 9.55 Å². The Hall–Kier alpha value is -3.38. The van der Waals surface area contributed by atoms with Crippen LogP contribution in [0.5, 0.6) is 0 Å². The molecule has 1 heterocycles. The van der Waals surface area contributed by atoms with Crippen LogP contribution in [0.25, 0.3) is 22.2 Å². The Labute approximate surface area is 140 Å². The van der Waals surface area contributed by atoms with Gasteiger partial charge in [-0.1, -0.05) is 48.5 Å². The summed E-state index contributed by atoms with van der Waals surface area (Å²) in [5, 5.41) is 9.40. The Bertz CT molecular complexity index is 1040. The highest BCUT2D eigenvalue weighted by molar-refractivity contribution is 5.75. The SMILES string of the molecule is N#Cc1ccc(Cn2cnc3ccccc32)cc1-c1ccccc1. The number of nitrogens with zero attached hydrogens (tertiary/aromatic N) is 3. The van der Waals surface area contributed by atoms with Gasteiger partial charge in [-0.25, -0.2) is 4.98 Å². The summed E-state index contributed by atoms with van der Waals surface area (Å²) in [7, 11) is 0. The third-order valence-corrected chi connectivity index (χ3v) is 4.17. The van der Waals surface area contributed by atoms with Crippen LogP contribution in [0.2, 0.25) is 0 Å². The minimum atomic E-state index is 0.695. The van der Waals surface area contributed by atoms with Gasteiger partial charge in [0.1, 0.15) is 0 Å². The van der Waals surface area contributed by atoms with Gasteiger partial charge in [0.25, 0.3) is 0 Å². The van der Waals surface area contributed by atoms with Crippen molar-refractivity contribution < 1.29 is 0 Å². The Balaban J connectivity index is 1.76. The summed E-state index contributed by atoms with van der Waals surface area (Å²) >= 11 is 0. The van der Waals surface area contributed by atoms with Gasteiger partial charge in [0.15, 0.2) is 0 Å². The van der Waals surface area contributed by atoms with Gasteiger partial charge in [-0.2, -0.15) is 5.26 Å². The van der Waals surface area contributed by atoms with Crippen molar-refractivity contribution >= 4 is 11.0 Å². The van der Waals surface area contributed by atoms with Crippen molar-refractivity contribution in [3.63, 3.8) is 0 Å². The minimum absolute atomic E-state index is 0.695. The number of benzene rings is 3. The van der Waals surface area contributed by atoms with E-state index in [1.54, 1.807) is 0 Å². The van der Waals surface area contributed by atoms with Crippen LogP contribution in [0.4, 0.5) is 0 Å². The van der Waals surface area contributed by atoms with Crippen LogP contribution in [0.3, 0.4) is 0 Å². The van der Waals surface area contributed by atoms with Crippen molar-refractivity contribution in [3.05, 3.63) is 90.3 Å². The maximum absolute atomic E-state index is 9.40. The second kappa shape index (κ2) is 6.02. The number of aromatic nitrogens is 2. The molecule has 0 aliphatic carbocycles. The number of hydrogen-bond acceptors (Lipinski definition) is 2. The van der Waals surface area contributed by atoms with Crippen LogP contribution in [0, 0.1) is 11.3 Å². The monoisotopic (exact) mass is 309 g/mol. The average molecular weight is 309 g/mol. The van der Waals surface area contributed by atoms with Crippen molar-refractivity contribution in [2.24, 2.45) is 0 Å². The number of nitriles is 1. The largest absolute Gasteiger partial charge is 0.326 e. The second-order valence-electron chi connectivity index (χ2n) is 5.72. The zero-order valence-electron chi connectivity index (χ0n) is 13.1. The summed E-state index contributed by atoms with van der Waals surface area (Å²) in [6, 6.07) is 26.4. The topological polar surface area (TPSA) is 41.6 Å². The summed E-state index contributed by atoms with van der Waals surface area (Å²) in [5.41, 5.74) is 5.99. The molecule has 0 aliphatic heterocycles. The minimum Gasteiger partial charge on any atom is -0.326 e. The first-order valence-electron chi connectivity index (χ1n) is 7.83. The lowest BCUT2D eigenvalue weighted by atomic mass is 9.98. The molecule has 0 spiro atoms. The number of hydrogen-bond donors (Lipinski definition) is 0. The van der Waals surface area contributed by atoms with Gasteiger partial charge in [0, 0.05) is 6.54 Å². The molecule has 4 rings (SSSR count). The highest BCUT2D eigenvalue weighted by Gasteiger charge is 2.08. The lowest BCUT2D eigenvalue weighted by molar-refractivity contribution is 0.824. The summed E-state index contributed by atoms with van der Waals surface area (Å²) < 4.78 is 2.13. The van der Waals surface area contributed by atoms with E-state index in [0.29, 0.717) is 5.56 Å². The first kappa shape index (κ1) is 14.2. The predicted octanol–water partition coefficient (Wildman–Crippen LogP) is 4.62. The zero-order chi connectivity index (χ0) is 16.4. The molecule has 0 saturated heterocycles. The summed E-state index contributed by atoms with van der Waals surface area (Å²) in [5.74, 6) is 0. The van der Waals surface area contributed by atoms with Gasteiger partial charge in [0.05, 0.1) is 29.0 Å². The predicted molar refractivity (Wildman–Crippen MR) is 95.4 cm³/mol. The standard InChI is InChI=1S/C21H15N3/c22-13-18-11-10-16(12-19(18)17-6-2-1-3-7-17)14-24-15-23-20-8-4-5-9-21(20)24/h1-12,15H,14H2. The molecule has 114 valence electrons. The van der Waals surface area contributed by atoms with Crippen LogP contribution in [-0.2, 0) is 6.54 Å². The highest BCUT2D eigenvalue weighted by Crippen LogP contribution is 2.25. The number of rotatable bonds is 3. The van der Waals surface area contributed by atoms with Gasteiger partial charge < -0.3 is 4.57 Å². The Morgan fingerprint density at radius 1 is 0.917 bits per heavy atom. The maximum Gasteiger partial charge on any atom is 0.0998 e. The summed E-state index contributed by atoms with van der Waals surface area (Å²) in [6.07, 6.45) is 1.87. The Morgan fingerprint density at radius 3 is 2.54 bits per heavy atom. The van der Waals surface area contributed by atoms with E-state index < -0.39 is 0 Å². The molecule has 4 aromatic rings. The van der Waals surface area contributed by atoms with Gasteiger partial charge in [-0.15, -0.1) is 0 Å². The van der Waals surface area contributed by atoms with E-state index in [1.165, 1.54) is 0 Å². The molecular formula is C21H15N3. The third-order valence-electron chi connectivity index (χ3n) is 4.17. The molecule has 3 aromatic carbocycles. The van der Waals surface area contributed by atoms with Crippen molar-refractivity contribution in [1.29, 1.82) is 5.26 Å². The number of fused-ring (bicyclic) bond motifs is 1. The van der Waals surface area contributed by atoms with E-state index in [0.717, 1.165) is 34.3 Å². The molecule has 0 fully saturated rings. The fourth-order valence-electron chi connectivity index (χ4n) is 2.98. The van der Waals surface area contributed by atoms with Crippen LogP contribution in [0.1, 0.15) is 11.1 Å². The van der Waals surface area contributed by atoms with Crippen molar-refractivity contribution in [2.45, 2.75) is 6.54 Å². The van der Waals surface area contributed by atoms with E-state index >= 15 is 0 Å². The second-order valence-corrected chi connectivity index (χ2v) is 5.72. The van der Waals surface area contributed by atoms with Crippen molar-refractivity contribution in [3.8, 4) is 17.2 Å². The molecule has 0 radical (unpaired) electrons. The molecule has 3 heteroatoms. The highest BCUT2D eigenvalue weighted by atomic mass is 15.0. The smallest absolute Gasteiger partial charge is 0.0998 e. The molecule has 0 atom stereocenters. The van der Waals surface area contributed by atoms with E-state index in [9.17, 15) is 5.26 Å².